The van der Waals surface area contributed by atoms with E-state index in [9.17, 15) is 0 Å². The topological polar surface area (TPSA) is 31.0 Å². The minimum absolute atomic E-state index is 0.757. The Balaban J connectivity index is 1.98. The highest BCUT2D eigenvalue weighted by Gasteiger charge is 2.18. The van der Waals surface area contributed by atoms with Crippen LogP contribution in [0.25, 0.3) is 11.5 Å². The van der Waals surface area contributed by atoms with Crippen LogP contribution in [0.2, 0.25) is 0 Å². The lowest BCUT2D eigenvalue weighted by Crippen LogP contribution is -2.17. The van der Waals surface area contributed by atoms with Gasteiger partial charge in [-0.2, -0.15) is 0 Å². The molecule has 0 spiro atoms. The minimum atomic E-state index is 0.757. The van der Waals surface area contributed by atoms with Gasteiger partial charge in [0.2, 0.25) is 0 Å². The summed E-state index contributed by atoms with van der Waals surface area (Å²) in [6, 6.07) is 3.98. The van der Waals surface area contributed by atoms with Crippen LogP contribution < -0.4 is 0 Å². The van der Waals surface area contributed by atoms with Gasteiger partial charge in [0.1, 0.15) is 17.3 Å². The van der Waals surface area contributed by atoms with Crippen molar-refractivity contribution in [2.75, 3.05) is 0 Å². The van der Waals surface area contributed by atoms with Crippen LogP contribution >= 0.6 is 0 Å². The number of imidazole rings is 1. The number of fused-ring (bicyclic) bond motifs is 1. The summed E-state index contributed by atoms with van der Waals surface area (Å²) in [5.41, 5.74) is 0.970. The molecule has 0 saturated carbocycles. The molecule has 0 N–H and O–H groups in total. The van der Waals surface area contributed by atoms with Crippen molar-refractivity contribution in [3.05, 3.63) is 29.9 Å². The fourth-order valence-corrected chi connectivity index (χ4v) is 2.31. The molecule has 2 aromatic rings. The molecular weight excluding hydrogens is 200 g/mol. The monoisotopic (exact) mass is 216 g/mol. The fraction of sp³-hybridized carbons (Fsp3) is 0.462. The van der Waals surface area contributed by atoms with Gasteiger partial charge in [-0.25, -0.2) is 4.98 Å². The average Bonchev–Trinajstić information content (AvgIpc) is 2.83. The van der Waals surface area contributed by atoms with Crippen LogP contribution in [0.4, 0.5) is 0 Å². The van der Waals surface area contributed by atoms with E-state index < -0.39 is 0 Å². The van der Waals surface area contributed by atoms with Crippen LogP contribution in [0.15, 0.2) is 22.7 Å². The first-order valence-electron chi connectivity index (χ1n) is 5.85. The lowest BCUT2D eigenvalue weighted by atomic mass is 10.0. The van der Waals surface area contributed by atoms with E-state index in [0.29, 0.717) is 0 Å². The van der Waals surface area contributed by atoms with Crippen LogP contribution in [0.1, 0.15) is 24.9 Å². The molecule has 3 heteroatoms. The van der Waals surface area contributed by atoms with Gasteiger partial charge in [0.25, 0.3) is 0 Å². The molecule has 1 aliphatic rings. The summed E-state index contributed by atoms with van der Waals surface area (Å²) >= 11 is 0. The Bertz CT molecular complexity index is 510. The molecule has 1 atom stereocenters. The van der Waals surface area contributed by atoms with Crippen LogP contribution in [-0.4, -0.2) is 9.55 Å². The zero-order chi connectivity index (χ0) is 11.1. The van der Waals surface area contributed by atoms with Crippen molar-refractivity contribution < 1.29 is 4.42 Å². The summed E-state index contributed by atoms with van der Waals surface area (Å²) in [6.45, 7) is 5.34. The van der Waals surface area contributed by atoms with Gasteiger partial charge >= 0.3 is 0 Å². The van der Waals surface area contributed by atoms with Crippen LogP contribution in [0.3, 0.4) is 0 Å². The first-order chi connectivity index (χ1) is 7.72. The Morgan fingerprint density at radius 2 is 2.31 bits per heavy atom. The normalized spacial score (nSPS) is 19.8. The number of rotatable bonds is 1. The molecule has 16 heavy (non-hydrogen) atoms. The highest BCUT2D eigenvalue weighted by atomic mass is 16.3. The molecule has 0 aromatic carbocycles. The third-order valence-electron chi connectivity index (χ3n) is 3.22. The second kappa shape index (κ2) is 3.51. The summed E-state index contributed by atoms with van der Waals surface area (Å²) in [6.07, 6.45) is 4.44. The fourth-order valence-electron chi connectivity index (χ4n) is 2.31. The molecular formula is C13H16N2O. The second-order valence-electron chi connectivity index (χ2n) is 4.75. The van der Waals surface area contributed by atoms with Gasteiger partial charge in [-0.1, -0.05) is 6.92 Å². The van der Waals surface area contributed by atoms with Gasteiger partial charge < -0.3 is 8.98 Å². The Hall–Kier alpha value is -1.51. The van der Waals surface area contributed by atoms with Gasteiger partial charge in [0, 0.05) is 19.2 Å². The van der Waals surface area contributed by atoms with Crippen molar-refractivity contribution in [3.8, 4) is 11.5 Å². The molecule has 0 saturated heterocycles. The molecule has 0 unspecified atom stereocenters. The number of nitrogens with zero attached hydrogens (tertiary/aromatic N) is 2. The SMILES string of the molecule is Cc1ccc(-c2cn3c(n2)CC[C@H](C)C3)o1. The van der Waals surface area contributed by atoms with E-state index in [1.807, 2.05) is 19.1 Å². The first kappa shape index (κ1) is 9.70. The summed E-state index contributed by atoms with van der Waals surface area (Å²) in [4.78, 5) is 4.64. The second-order valence-corrected chi connectivity index (χ2v) is 4.75. The number of hydrogen-bond acceptors (Lipinski definition) is 2. The van der Waals surface area contributed by atoms with Crippen LogP contribution in [0, 0.1) is 12.8 Å². The molecule has 3 nitrogen and oxygen atoms in total. The predicted molar refractivity (Wildman–Crippen MR) is 62.2 cm³/mol. The average molecular weight is 216 g/mol. The third kappa shape index (κ3) is 1.56. The zero-order valence-electron chi connectivity index (χ0n) is 9.73. The molecule has 0 radical (unpaired) electrons. The number of furan rings is 1. The molecule has 1 aliphatic heterocycles. The summed E-state index contributed by atoms with van der Waals surface area (Å²) < 4.78 is 7.86. The number of hydrogen-bond donors (Lipinski definition) is 0. The molecule has 0 aliphatic carbocycles. The van der Waals surface area contributed by atoms with Gasteiger partial charge in [-0.05, 0) is 31.4 Å². The Kier molecular flexibility index (Phi) is 2.13. The van der Waals surface area contributed by atoms with Gasteiger partial charge in [-0.15, -0.1) is 0 Å². The van der Waals surface area contributed by atoms with E-state index in [4.69, 9.17) is 4.42 Å². The maximum Gasteiger partial charge on any atom is 0.154 e. The van der Waals surface area contributed by atoms with Crippen molar-refractivity contribution in [2.45, 2.75) is 33.2 Å². The predicted octanol–water partition coefficient (Wildman–Crippen LogP) is 3.03. The first-order valence-corrected chi connectivity index (χ1v) is 5.85. The molecule has 84 valence electrons. The largest absolute Gasteiger partial charge is 0.460 e. The van der Waals surface area contributed by atoms with Gasteiger partial charge in [0.05, 0.1) is 0 Å². The Morgan fingerprint density at radius 1 is 1.44 bits per heavy atom. The van der Waals surface area contributed by atoms with Crippen molar-refractivity contribution in [1.29, 1.82) is 0 Å². The third-order valence-corrected chi connectivity index (χ3v) is 3.22. The van der Waals surface area contributed by atoms with E-state index in [2.05, 4.69) is 22.7 Å². The Labute approximate surface area is 95.1 Å². The van der Waals surface area contributed by atoms with E-state index in [1.54, 1.807) is 0 Å². The van der Waals surface area contributed by atoms with Gasteiger partial charge in [0.15, 0.2) is 5.76 Å². The van der Waals surface area contributed by atoms with E-state index in [-0.39, 0.29) is 0 Å². The molecule has 0 fully saturated rings. The van der Waals surface area contributed by atoms with E-state index in [0.717, 1.165) is 36.1 Å². The smallest absolute Gasteiger partial charge is 0.154 e. The van der Waals surface area contributed by atoms with E-state index in [1.165, 1.54) is 12.2 Å². The molecule has 2 aromatic heterocycles. The molecule has 3 heterocycles. The van der Waals surface area contributed by atoms with Gasteiger partial charge in [-0.3, -0.25) is 0 Å². The Morgan fingerprint density at radius 3 is 3.06 bits per heavy atom. The van der Waals surface area contributed by atoms with Crippen LogP contribution in [0.5, 0.6) is 0 Å². The number of aryl methyl sites for hydroxylation is 2. The van der Waals surface area contributed by atoms with E-state index >= 15 is 0 Å². The highest BCUT2D eigenvalue weighted by molar-refractivity contribution is 5.51. The molecule has 0 amide bonds. The van der Waals surface area contributed by atoms with Crippen molar-refractivity contribution >= 4 is 0 Å². The quantitative estimate of drug-likeness (QED) is 0.733. The lowest BCUT2D eigenvalue weighted by Gasteiger charge is -2.19. The summed E-state index contributed by atoms with van der Waals surface area (Å²) in [5, 5.41) is 0. The lowest BCUT2D eigenvalue weighted by molar-refractivity contribution is 0.394. The maximum absolute atomic E-state index is 5.60. The van der Waals surface area contributed by atoms with Crippen molar-refractivity contribution in [3.63, 3.8) is 0 Å². The minimum Gasteiger partial charge on any atom is -0.460 e. The molecule has 3 rings (SSSR count). The zero-order valence-corrected chi connectivity index (χ0v) is 9.73. The highest BCUT2D eigenvalue weighted by Crippen LogP contribution is 2.25. The standard InChI is InChI=1S/C13H16N2O/c1-9-3-6-13-14-11(8-15(13)7-9)12-5-4-10(2)16-12/h4-5,8-9H,3,6-7H2,1-2H3/t9-/m0/s1. The maximum atomic E-state index is 5.60. The summed E-state index contributed by atoms with van der Waals surface area (Å²) in [7, 11) is 0. The number of aromatic nitrogens is 2. The van der Waals surface area contributed by atoms with Crippen molar-refractivity contribution in [2.24, 2.45) is 5.92 Å². The summed E-state index contributed by atoms with van der Waals surface area (Å²) in [5.74, 6) is 3.77. The molecule has 0 bridgehead atoms. The van der Waals surface area contributed by atoms with Crippen LogP contribution in [-0.2, 0) is 13.0 Å². The van der Waals surface area contributed by atoms with Crippen molar-refractivity contribution in [1.82, 2.24) is 9.55 Å².